The van der Waals surface area contributed by atoms with Crippen LogP contribution >= 0.6 is 0 Å². The molecule has 2 bridgehead atoms. The molecular weight excluding hydrogens is 192 g/mol. The van der Waals surface area contributed by atoms with Crippen LogP contribution in [-0.2, 0) is 9.53 Å². The average Bonchev–Trinajstić information content (AvgIpc) is 2.57. The Kier molecular flexibility index (Phi) is 3.59. The lowest BCUT2D eigenvalue weighted by molar-refractivity contribution is -0.141. The zero-order valence-corrected chi connectivity index (χ0v) is 9.37. The van der Waals surface area contributed by atoms with Crippen molar-refractivity contribution in [1.82, 2.24) is 10.2 Å². The summed E-state index contributed by atoms with van der Waals surface area (Å²) >= 11 is 0. The van der Waals surface area contributed by atoms with E-state index in [9.17, 15) is 4.79 Å². The fourth-order valence-corrected chi connectivity index (χ4v) is 2.57. The second-order valence-corrected chi connectivity index (χ2v) is 4.55. The van der Waals surface area contributed by atoms with Gasteiger partial charge >= 0.3 is 5.97 Å². The van der Waals surface area contributed by atoms with Crippen molar-refractivity contribution >= 4 is 5.97 Å². The maximum absolute atomic E-state index is 11.0. The smallest absolute Gasteiger partial charge is 0.306 e. The first-order chi connectivity index (χ1) is 7.28. The maximum Gasteiger partial charge on any atom is 0.306 e. The molecule has 0 amide bonds. The number of carbonyl (C=O) groups is 1. The van der Waals surface area contributed by atoms with Crippen LogP contribution in [0.1, 0.15) is 25.7 Å². The molecule has 2 rings (SSSR count). The number of carbonyl (C=O) groups excluding carboxylic acids is 1. The molecule has 0 aromatic rings. The summed E-state index contributed by atoms with van der Waals surface area (Å²) in [6.45, 7) is 3.05. The summed E-state index contributed by atoms with van der Waals surface area (Å²) in [5, 5.41) is 3.63. The van der Waals surface area contributed by atoms with E-state index in [2.05, 4.69) is 15.0 Å². The van der Waals surface area contributed by atoms with Crippen molar-refractivity contribution in [3.05, 3.63) is 0 Å². The van der Waals surface area contributed by atoms with Gasteiger partial charge in [-0.15, -0.1) is 0 Å². The molecule has 4 nitrogen and oxygen atoms in total. The van der Waals surface area contributed by atoms with Crippen molar-refractivity contribution in [1.29, 1.82) is 0 Å². The summed E-state index contributed by atoms with van der Waals surface area (Å²) in [5.41, 5.74) is 0. The van der Waals surface area contributed by atoms with Crippen LogP contribution in [0.4, 0.5) is 0 Å². The van der Waals surface area contributed by atoms with Crippen LogP contribution in [0.15, 0.2) is 0 Å². The largest absolute Gasteiger partial charge is 0.469 e. The molecule has 2 saturated heterocycles. The van der Waals surface area contributed by atoms with E-state index in [-0.39, 0.29) is 5.97 Å². The van der Waals surface area contributed by atoms with Gasteiger partial charge in [-0.25, -0.2) is 0 Å². The van der Waals surface area contributed by atoms with Crippen molar-refractivity contribution in [2.45, 2.75) is 37.8 Å². The molecule has 2 unspecified atom stereocenters. The molecule has 2 aliphatic heterocycles. The summed E-state index contributed by atoms with van der Waals surface area (Å²) in [6, 6.07) is 1.37. The van der Waals surface area contributed by atoms with E-state index in [1.807, 2.05) is 0 Å². The Hall–Kier alpha value is -0.610. The summed E-state index contributed by atoms with van der Waals surface area (Å²) in [7, 11) is 1.45. The van der Waals surface area contributed by atoms with Crippen molar-refractivity contribution < 1.29 is 9.53 Å². The Balaban J connectivity index is 1.76. The van der Waals surface area contributed by atoms with Gasteiger partial charge in [0.05, 0.1) is 13.5 Å². The first kappa shape index (κ1) is 10.9. The quantitative estimate of drug-likeness (QED) is 0.687. The minimum Gasteiger partial charge on any atom is -0.469 e. The van der Waals surface area contributed by atoms with E-state index in [1.165, 1.54) is 26.4 Å². The topological polar surface area (TPSA) is 41.6 Å². The third kappa shape index (κ3) is 2.92. The molecule has 0 aromatic carbocycles. The summed E-state index contributed by atoms with van der Waals surface area (Å²) in [5.74, 6) is -0.0997. The van der Waals surface area contributed by atoms with Gasteiger partial charge in [0.2, 0.25) is 0 Å². The highest BCUT2D eigenvalue weighted by molar-refractivity contribution is 5.69. The summed E-state index contributed by atoms with van der Waals surface area (Å²) in [4.78, 5) is 13.4. The van der Waals surface area contributed by atoms with Crippen molar-refractivity contribution in [3.8, 4) is 0 Å². The maximum atomic E-state index is 11.0. The van der Waals surface area contributed by atoms with E-state index in [0.29, 0.717) is 12.5 Å². The van der Waals surface area contributed by atoms with Crippen LogP contribution in [0.2, 0.25) is 0 Å². The van der Waals surface area contributed by atoms with Crippen LogP contribution in [-0.4, -0.2) is 49.7 Å². The number of hydrogen-bond donors (Lipinski definition) is 1. The summed E-state index contributed by atoms with van der Waals surface area (Å²) < 4.78 is 4.65. The molecule has 1 N–H and O–H groups in total. The second-order valence-electron chi connectivity index (χ2n) is 4.55. The fourth-order valence-electron chi connectivity index (χ4n) is 2.57. The normalized spacial score (nSPS) is 31.3. The number of nitrogens with one attached hydrogen (secondary N) is 1. The predicted molar refractivity (Wildman–Crippen MR) is 57.6 cm³/mol. The van der Waals surface area contributed by atoms with Crippen molar-refractivity contribution in [3.63, 3.8) is 0 Å². The SMILES string of the molecule is COC(=O)CCN1CCC2CCC(C1)N2. The monoisotopic (exact) mass is 212 g/mol. The van der Waals surface area contributed by atoms with Gasteiger partial charge in [-0.1, -0.05) is 0 Å². The Morgan fingerprint density at radius 2 is 2.20 bits per heavy atom. The number of esters is 1. The van der Waals surface area contributed by atoms with Crippen molar-refractivity contribution in [2.75, 3.05) is 26.7 Å². The first-order valence-corrected chi connectivity index (χ1v) is 5.83. The van der Waals surface area contributed by atoms with Crippen LogP contribution in [0, 0.1) is 0 Å². The van der Waals surface area contributed by atoms with E-state index in [4.69, 9.17) is 0 Å². The zero-order valence-electron chi connectivity index (χ0n) is 9.37. The van der Waals surface area contributed by atoms with Gasteiger partial charge in [0.25, 0.3) is 0 Å². The standard InChI is InChI=1S/C11H20N2O2/c1-15-11(14)5-7-13-6-4-9-2-3-10(8-13)12-9/h9-10,12H,2-8H2,1H3. The average molecular weight is 212 g/mol. The number of methoxy groups -OCH3 is 1. The van der Waals surface area contributed by atoms with E-state index < -0.39 is 0 Å². The molecule has 0 radical (unpaired) electrons. The third-order valence-electron chi connectivity index (χ3n) is 3.47. The molecular formula is C11H20N2O2. The minimum atomic E-state index is -0.0997. The Bertz CT molecular complexity index is 233. The number of hydrogen-bond acceptors (Lipinski definition) is 4. The van der Waals surface area contributed by atoms with Crippen molar-refractivity contribution in [2.24, 2.45) is 0 Å². The van der Waals surface area contributed by atoms with Crippen LogP contribution < -0.4 is 5.32 Å². The lowest BCUT2D eigenvalue weighted by Crippen LogP contribution is -2.36. The van der Waals surface area contributed by atoms with Crippen LogP contribution in [0.5, 0.6) is 0 Å². The number of fused-ring (bicyclic) bond motifs is 2. The Labute approximate surface area is 91.0 Å². The van der Waals surface area contributed by atoms with Gasteiger partial charge in [-0.2, -0.15) is 0 Å². The van der Waals surface area contributed by atoms with Crippen LogP contribution in [0.25, 0.3) is 0 Å². The lowest BCUT2D eigenvalue weighted by Gasteiger charge is -2.23. The zero-order chi connectivity index (χ0) is 10.7. The van der Waals surface area contributed by atoms with Gasteiger partial charge in [-0.3, -0.25) is 4.79 Å². The molecule has 2 heterocycles. The molecule has 15 heavy (non-hydrogen) atoms. The third-order valence-corrected chi connectivity index (χ3v) is 3.47. The molecule has 2 atom stereocenters. The molecule has 2 fully saturated rings. The molecule has 0 spiro atoms. The highest BCUT2D eigenvalue weighted by Gasteiger charge is 2.29. The number of nitrogens with zero attached hydrogens (tertiary/aromatic N) is 1. The molecule has 4 heteroatoms. The van der Waals surface area contributed by atoms with E-state index in [1.54, 1.807) is 0 Å². The van der Waals surface area contributed by atoms with Gasteiger partial charge in [0.15, 0.2) is 0 Å². The number of likely N-dealkylation sites (tertiary alicyclic amines) is 1. The number of ether oxygens (including phenoxy) is 1. The lowest BCUT2D eigenvalue weighted by atomic mass is 10.1. The minimum absolute atomic E-state index is 0.0997. The molecule has 86 valence electrons. The predicted octanol–water partition coefficient (Wildman–Crippen LogP) is 0.376. The molecule has 2 aliphatic rings. The van der Waals surface area contributed by atoms with E-state index in [0.717, 1.165) is 25.7 Å². The van der Waals surface area contributed by atoms with Gasteiger partial charge in [0.1, 0.15) is 0 Å². The summed E-state index contributed by atoms with van der Waals surface area (Å²) in [6.07, 6.45) is 4.36. The van der Waals surface area contributed by atoms with E-state index >= 15 is 0 Å². The highest BCUT2D eigenvalue weighted by Crippen LogP contribution is 2.20. The van der Waals surface area contributed by atoms with Gasteiger partial charge in [0, 0.05) is 25.2 Å². The van der Waals surface area contributed by atoms with Crippen LogP contribution in [0.3, 0.4) is 0 Å². The fraction of sp³-hybridized carbons (Fsp3) is 0.909. The first-order valence-electron chi connectivity index (χ1n) is 5.83. The molecule has 0 aromatic heterocycles. The Morgan fingerprint density at radius 3 is 3.00 bits per heavy atom. The second kappa shape index (κ2) is 4.94. The molecule has 0 saturated carbocycles. The number of rotatable bonds is 3. The van der Waals surface area contributed by atoms with Gasteiger partial charge < -0.3 is 15.0 Å². The highest BCUT2D eigenvalue weighted by atomic mass is 16.5. The molecule has 0 aliphatic carbocycles. The van der Waals surface area contributed by atoms with Gasteiger partial charge in [-0.05, 0) is 25.8 Å². The Morgan fingerprint density at radius 1 is 1.40 bits per heavy atom.